The Morgan fingerprint density at radius 1 is 1.06 bits per heavy atom. The van der Waals surface area contributed by atoms with Gasteiger partial charge in [0.05, 0.1) is 0 Å². The Morgan fingerprint density at radius 2 is 1.65 bits per heavy atom. The number of benzene rings is 1. The van der Waals surface area contributed by atoms with Gasteiger partial charge in [0.25, 0.3) is 0 Å². The molecule has 2 heteroatoms. The summed E-state index contributed by atoms with van der Waals surface area (Å²) in [6, 6.07) is 10.6. The summed E-state index contributed by atoms with van der Waals surface area (Å²) in [6.07, 6.45) is 0. The van der Waals surface area contributed by atoms with Crippen LogP contribution in [0.2, 0.25) is 0 Å². The molecule has 0 aliphatic carbocycles. The van der Waals surface area contributed by atoms with Gasteiger partial charge in [0, 0.05) is 18.3 Å². The van der Waals surface area contributed by atoms with E-state index in [4.69, 9.17) is 0 Å². The molecule has 0 saturated carbocycles. The molecular formula is C15H16N2. The van der Waals surface area contributed by atoms with E-state index in [0.717, 1.165) is 22.5 Å². The number of rotatable bonds is 1. The second-order valence-electron chi connectivity index (χ2n) is 4.47. The molecule has 0 N–H and O–H groups in total. The van der Waals surface area contributed by atoms with E-state index in [9.17, 15) is 5.26 Å². The molecule has 17 heavy (non-hydrogen) atoms. The fourth-order valence-electron chi connectivity index (χ4n) is 2.15. The number of nitrogens with zero attached hydrogens (tertiary/aromatic N) is 2. The van der Waals surface area contributed by atoms with Crippen LogP contribution in [-0.2, 0) is 7.05 Å². The number of aromatic nitrogens is 1. The molecule has 0 fully saturated rings. The minimum atomic E-state index is 0.740. The highest BCUT2D eigenvalue weighted by atomic mass is 15.0. The van der Waals surface area contributed by atoms with Gasteiger partial charge in [-0.25, -0.2) is 0 Å². The van der Waals surface area contributed by atoms with E-state index < -0.39 is 0 Å². The third kappa shape index (κ3) is 1.74. The van der Waals surface area contributed by atoms with Gasteiger partial charge in [0.15, 0.2) is 0 Å². The van der Waals surface area contributed by atoms with Crippen LogP contribution in [0.25, 0.3) is 11.1 Å². The highest BCUT2D eigenvalue weighted by molar-refractivity contribution is 5.74. The van der Waals surface area contributed by atoms with Crippen molar-refractivity contribution in [1.82, 2.24) is 4.57 Å². The van der Waals surface area contributed by atoms with Crippen LogP contribution in [-0.4, -0.2) is 4.57 Å². The maximum atomic E-state index is 9.28. The fourth-order valence-corrected chi connectivity index (χ4v) is 2.15. The lowest BCUT2D eigenvalue weighted by Crippen LogP contribution is -1.94. The molecule has 0 aliphatic rings. The molecular weight excluding hydrogens is 208 g/mol. The lowest BCUT2D eigenvalue weighted by molar-refractivity contribution is 0.862. The smallest absolute Gasteiger partial charge is 0.128 e. The average Bonchev–Trinajstić information content (AvgIpc) is 2.54. The van der Waals surface area contributed by atoms with Gasteiger partial charge in [-0.15, -0.1) is 0 Å². The zero-order valence-electron chi connectivity index (χ0n) is 10.7. The summed E-state index contributed by atoms with van der Waals surface area (Å²) in [5.74, 6) is 0. The van der Waals surface area contributed by atoms with Crippen LogP contribution >= 0.6 is 0 Å². The monoisotopic (exact) mass is 224 g/mol. The highest BCUT2D eigenvalue weighted by Crippen LogP contribution is 2.31. The molecule has 0 bridgehead atoms. The quantitative estimate of drug-likeness (QED) is 0.729. The molecule has 0 amide bonds. The number of aryl methyl sites for hydroxylation is 1. The standard InChI is InChI=1S/C15H16N2/c1-10-5-7-13(8-6-10)15-11(2)12(3)17(4)14(15)9-16/h5-8H,1-4H3. The van der Waals surface area contributed by atoms with Crippen LogP contribution in [0.15, 0.2) is 24.3 Å². The first-order valence-electron chi connectivity index (χ1n) is 5.69. The Balaban J connectivity index is 2.72. The van der Waals surface area contributed by atoms with E-state index in [0.29, 0.717) is 0 Å². The van der Waals surface area contributed by atoms with Crippen LogP contribution < -0.4 is 0 Å². The van der Waals surface area contributed by atoms with Crippen molar-refractivity contribution in [1.29, 1.82) is 5.26 Å². The van der Waals surface area contributed by atoms with Crippen LogP contribution in [0.1, 0.15) is 22.5 Å². The van der Waals surface area contributed by atoms with Gasteiger partial charge in [-0.1, -0.05) is 29.8 Å². The van der Waals surface area contributed by atoms with E-state index >= 15 is 0 Å². The Hall–Kier alpha value is -2.01. The SMILES string of the molecule is Cc1ccc(-c2c(C)c(C)n(C)c2C#N)cc1. The molecule has 0 aliphatic heterocycles. The van der Waals surface area contributed by atoms with E-state index in [1.807, 2.05) is 18.5 Å². The molecule has 2 aromatic rings. The molecule has 0 spiro atoms. The highest BCUT2D eigenvalue weighted by Gasteiger charge is 2.16. The molecule has 0 unspecified atom stereocenters. The topological polar surface area (TPSA) is 28.7 Å². The lowest BCUT2D eigenvalue weighted by Gasteiger charge is -2.02. The Bertz CT molecular complexity index is 595. The van der Waals surface area contributed by atoms with Crippen LogP contribution in [0.5, 0.6) is 0 Å². The molecule has 0 atom stereocenters. The van der Waals surface area contributed by atoms with Crippen molar-refractivity contribution < 1.29 is 0 Å². The summed E-state index contributed by atoms with van der Waals surface area (Å²) in [5.41, 5.74) is 6.49. The van der Waals surface area contributed by atoms with E-state index in [-0.39, 0.29) is 0 Å². The Morgan fingerprint density at radius 3 is 2.18 bits per heavy atom. The first-order valence-corrected chi connectivity index (χ1v) is 5.69. The second-order valence-corrected chi connectivity index (χ2v) is 4.47. The summed E-state index contributed by atoms with van der Waals surface area (Å²) in [6.45, 7) is 6.19. The number of hydrogen-bond acceptors (Lipinski definition) is 1. The number of hydrogen-bond donors (Lipinski definition) is 0. The van der Waals surface area contributed by atoms with Gasteiger partial charge in [-0.3, -0.25) is 0 Å². The van der Waals surface area contributed by atoms with Gasteiger partial charge in [-0.2, -0.15) is 5.26 Å². The van der Waals surface area contributed by atoms with E-state index in [1.54, 1.807) is 0 Å². The summed E-state index contributed by atoms with van der Waals surface area (Å²) in [7, 11) is 1.94. The predicted molar refractivity (Wildman–Crippen MR) is 69.8 cm³/mol. The first-order chi connectivity index (χ1) is 8.06. The van der Waals surface area contributed by atoms with Crippen molar-refractivity contribution in [2.75, 3.05) is 0 Å². The fraction of sp³-hybridized carbons (Fsp3) is 0.267. The van der Waals surface area contributed by atoms with Crippen LogP contribution in [0, 0.1) is 32.1 Å². The van der Waals surface area contributed by atoms with Gasteiger partial charge in [0.2, 0.25) is 0 Å². The maximum absolute atomic E-state index is 9.28. The first kappa shape index (κ1) is 11.5. The van der Waals surface area contributed by atoms with Crippen molar-refractivity contribution >= 4 is 0 Å². The van der Waals surface area contributed by atoms with Crippen molar-refractivity contribution in [3.8, 4) is 17.2 Å². The summed E-state index contributed by atoms with van der Waals surface area (Å²) >= 11 is 0. The largest absolute Gasteiger partial charge is 0.339 e. The van der Waals surface area contributed by atoms with Crippen molar-refractivity contribution in [3.05, 3.63) is 46.8 Å². The minimum absolute atomic E-state index is 0.740. The predicted octanol–water partition coefficient (Wildman–Crippen LogP) is 3.49. The van der Waals surface area contributed by atoms with E-state index in [1.165, 1.54) is 11.1 Å². The second kappa shape index (κ2) is 4.10. The molecule has 1 aromatic heterocycles. The van der Waals surface area contributed by atoms with Gasteiger partial charge in [-0.05, 0) is 31.9 Å². The molecule has 2 rings (SSSR count). The zero-order valence-corrected chi connectivity index (χ0v) is 10.7. The van der Waals surface area contributed by atoms with Crippen molar-refractivity contribution in [3.63, 3.8) is 0 Å². The third-order valence-electron chi connectivity index (χ3n) is 3.44. The molecule has 1 aromatic carbocycles. The zero-order chi connectivity index (χ0) is 12.6. The lowest BCUT2D eigenvalue weighted by atomic mass is 10.0. The average molecular weight is 224 g/mol. The Labute approximate surface area is 102 Å². The molecule has 0 radical (unpaired) electrons. The van der Waals surface area contributed by atoms with E-state index in [2.05, 4.69) is 44.2 Å². The number of nitriles is 1. The van der Waals surface area contributed by atoms with Crippen molar-refractivity contribution in [2.24, 2.45) is 7.05 Å². The van der Waals surface area contributed by atoms with Crippen LogP contribution in [0.3, 0.4) is 0 Å². The normalized spacial score (nSPS) is 10.3. The van der Waals surface area contributed by atoms with Gasteiger partial charge >= 0.3 is 0 Å². The summed E-state index contributed by atoms with van der Waals surface area (Å²) in [5, 5.41) is 9.28. The molecule has 1 heterocycles. The molecule has 86 valence electrons. The molecule has 2 nitrogen and oxygen atoms in total. The summed E-state index contributed by atoms with van der Waals surface area (Å²) in [4.78, 5) is 0. The minimum Gasteiger partial charge on any atom is -0.339 e. The summed E-state index contributed by atoms with van der Waals surface area (Å²) < 4.78 is 1.96. The van der Waals surface area contributed by atoms with Gasteiger partial charge in [0.1, 0.15) is 11.8 Å². The van der Waals surface area contributed by atoms with Crippen LogP contribution in [0.4, 0.5) is 0 Å². The maximum Gasteiger partial charge on any atom is 0.128 e. The molecule has 0 saturated heterocycles. The third-order valence-corrected chi connectivity index (χ3v) is 3.44. The van der Waals surface area contributed by atoms with Crippen molar-refractivity contribution in [2.45, 2.75) is 20.8 Å². The Kier molecular flexibility index (Phi) is 2.77. The van der Waals surface area contributed by atoms with Gasteiger partial charge < -0.3 is 4.57 Å².